The van der Waals surface area contributed by atoms with Crippen LogP contribution in [0.5, 0.6) is 5.75 Å². The third kappa shape index (κ3) is 3.25. The third-order valence-electron chi connectivity index (χ3n) is 4.31. The van der Waals surface area contributed by atoms with Crippen LogP contribution in [0.25, 0.3) is 11.0 Å². The standard InChI is InChI=1S/C19H19ClN2O2/c20-14-8-9-18-17(11-14)21-19(13-24-15-5-2-1-3-6-15)22(18)12-16-7-4-10-23-16/h1-3,5-6,8-9,11,16H,4,7,10,12-13H2. The minimum absolute atomic E-state index is 0.244. The van der Waals surface area contributed by atoms with Gasteiger partial charge in [-0.05, 0) is 43.2 Å². The van der Waals surface area contributed by atoms with Crippen LogP contribution in [-0.4, -0.2) is 22.3 Å². The van der Waals surface area contributed by atoms with Crippen LogP contribution in [0, 0.1) is 0 Å². The number of benzene rings is 2. The van der Waals surface area contributed by atoms with Crippen molar-refractivity contribution in [2.45, 2.75) is 32.1 Å². The zero-order chi connectivity index (χ0) is 16.4. The summed E-state index contributed by atoms with van der Waals surface area (Å²) < 4.78 is 13.9. The molecule has 1 unspecified atom stereocenters. The maximum atomic E-state index is 6.12. The molecule has 2 heterocycles. The Morgan fingerprint density at radius 3 is 2.88 bits per heavy atom. The Bertz CT molecular complexity index is 826. The summed E-state index contributed by atoms with van der Waals surface area (Å²) in [6.45, 7) is 2.06. The molecule has 4 rings (SSSR count). The van der Waals surface area contributed by atoms with Crippen LogP contribution in [0.4, 0.5) is 0 Å². The van der Waals surface area contributed by atoms with Crippen LogP contribution >= 0.6 is 11.6 Å². The molecule has 0 saturated carbocycles. The SMILES string of the molecule is Clc1ccc2c(c1)nc(COc1ccccc1)n2CC1CCCO1. The van der Waals surface area contributed by atoms with Crippen molar-refractivity contribution in [2.24, 2.45) is 0 Å². The van der Waals surface area contributed by atoms with E-state index in [1.165, 1.54) is 0 Å². The Kier molecular flexibility index (Phi) is 4.41. The molecule has 1 aliphatic heterocycles. The second-order valence-corrected chi connectivity index (χ2v) is 6.44. The molecule has 1 saturated heterocycles. The van der Waals surface area contributed by atoms with Crippen LogP contribution in [0.15, 0.2) is 48.5 Å². The van der Waals surface area contributed by atoms with Gasteiger partial charge >= 0.3 is 0 Å². The van der Waals surface area contributed by atoms with E-state index in [9.17, 15) is 0 Å². The Labute approximate surface area is 146 Å². The van der Waals surface area contributed by atoms with Crippen LogP contribution < -0.4 is 4.74 Å². The maximum absolute atomic E-state index is 6.12. The van der Waals surface area contributed by atoms with Crippen molar-refractivity contribution in [3.05, 3.63) is 59.4 Å². The van der Waals surface area contributed by atoms with Crippen molar-refractivity contribution < 1.29 is 9.47 Å². The van der Waals surface area contributed by atoms with Crippen molar-refractivity contribution in [3.63, 3.8) is 0 Å². The number of hydrogen-bond acceptors (Lipinski definition) is 3. The number of hydrogen-bond donors (Lipinski definition) is 0. The van der Waals surface area contributed by atoms with Gasteiger partial charge in [0, 0.05) is 11.6 Å². The van der Waals surface area contributed by atoms with Gasteiger partial charge in [0.15, 0.2) is 0 Å². The van der Waals surface area contributed by atoms with Crippen molar-refractivity contribution >= 4 is 22.6 Å². The number of para-hydroxylation sites is 1. The van der Waals surface area contributed by atoms with Crippen molar-refractivity contribution in [1.82, 2.24) is 9.55 Å². The van der Waals surface area contributed by atoms with E-state index in [2.05, 4.69) is 4.57 Å². The van der Waals surface area contributed by atoms with Gasteiger partial charge in [0.1, 0.15) is 18.2 Å². The van der Waals surface area contributed by atoms with E-state index in [1.54, 1.807) is 0 Å². The predicted octanol–water partition coefficient (Wildman–Crippen LogP) is 4.45. The van der Waals surface area contributed by atoms with Crippen molar-refractivity contribution in [3.8, 4) is 5.75 Å². The number of fused-ring (bicyclic) bond motifs is 1. The fourth-order valence-corrected chi connectivity index (χ4v) is 3.29. The predicted molar refractivity (Wildman–Crippen MR) is 94.5 cm³/mol. The van der Waals surface area contributed by atoms with Crippen LogP contribution in [0.1, 0.15) is 18.7 Å². The summed E-state index contributed by atoms with van der Waals surface area (Å²) in [7, 11) is 0. The number of rotatable bonds is 5. The largest absolute Gasteiger partial charge is 0.486 e. The first-order valence-corrected chi connectivity index (χ1v) is 8.61. The van der Waals surface area contributed by atoms with E-state index in [0.717, 1.165) is 48.6 Å². The number of imidazole rings is 1. The summed E-state index contributed by atoms with van der Waals surface area (Å²) in [6.07, 6.45) is 2.46. The molecule has 1 fully saturated rings. The van der Waals surface area contributed by atoms with Gasteiger partial charge < -0.3 is 14.0 Å². The van der Waals surface area contributed by atoms with E-state index < -0.39 is 0 Å². The fourth-order valence-electron chi connectivity index (χ4n) is 3.12. The number of halogens is 1. The average Bonchev–Trinajstić information content (AvgIpc) is 3.22. The van der Waals surface area contributed by atoms with E-state index in [0.29, 0.717) is 11.6 Å². The zero-order valence-corrected chi connectivity index (χ0v) is 14.1. The van der Waals surface area contributed by atoms with Gasteiger partial charge in [-0.3, -0.25) is 0 Å². The summed E-state index contributed by atoms with van der Waals surface area (Å²) in [5.74, 6) is 1.73. The van der Waals surface area contributed by atoms with E-state index in [-0.39, 0.29) is 6.10 Å². The van der Waals surface area contributed by atoms with Gasteiger partial charge in [0.05, 0.1) is 23.7 Å². The van der Waals surface area contributed by atoms with E-state index >= 15 is 0 Å². The van der Waals surface area contributed by atoms with Gasteiger partial charge in [0.2, 0.25) is 0 Å². The highest BCUT2D eigenvalue weighted by atomic mass is 35.5. The Morgan fingerprint density at radius 2 is 2.08 bits per heavy atom. The molecule has 4 nitrogen and oxygen atoms in total. The molecule has 0 spiro atoms. The van der Waals surface area contributed by atoms with E-state index in [1.807, 2.05) is 48.5 Å². The van der Waals surface area contributed by atoms with Crippen LogP contribution in [0.3, 0.4) is 0 Å². The average molecular weight is 343 g/mol. The minimum Gasteiger partial charge on any atom is -0.486 e. The number of ether oxygens (including phenoxy) is 2. The second-order valence-electron chi connectivity index (χ2n) is 6.01. The highest BCUT2D eigenvalue weighted by Crippen LogP contribution is 2.24. The minimum atomic E-state index is 0.244. The summed E-state index contributed by atoms with van der Waals surface area (Å²) in [5, 5.41) is 0.694. The Balaban J connectivity index is 1.64. The molecule has 0 aliphatic carbocycles. The normalized spacial score (nSPS) is 17.5. The van der Waals surface area contributed by atoms with Gasteiger partial charge in [0.25, 0.3) is 0 Å². The lowest BCUT2D eigenvalue weighted by Crippen LogP contribution is -2.17. The molecule has 0 N–H and O–H groups in total. The molecule has 0 radical (unpaired) electrons. The fraction of sp³-hybridized carbons (Fsp3) is 0.316. The Morgan fingerprint density at radius 1 is 1.21 bits per heavy atom. The molecular formula is C19H19ClN2O2. The molecule has 1 atom stereocenters. The molecule has 2 aromatic carbocycles. The summed E-state index contributed by atoms with van der Waals surface area (Å²) in [6, 6.07) is 15.6. The smallest absolute Gasteiger partial charge is 0.148 e. The van der Waals surface area contributed by atoms with Crippen molar-refractivity contribution in [2.75, 3.05) is 6.61 Å². The van der Waals surface area contributed by atoms with Crippen molar-refractivity contribution in [1.29, 1.82) is 0 Å². The van der Waals surface area contributed by atoms with E-state index in [4.69, 9.17) is 26.1 Å². The molecule has 1 aliphatic rings. The molecule has 5 heteroatoms. The van der Waals surface area contributed by atoms with Crippen LogP contribution in [-0.2, 0) is 17.9 Å². The molecule has 3 aromatic rings. The monoisotopic (exact) mass is 342 g/mol. The molecule has 0 bridgehead atoms. The first kappa shape index (κ1) is 15.5. The molecule has 24 heavy (non-hydrogen) atoms. The lowest BCUT2D eigenvalue weighted by molar-refractivity contribution is 0.0963. The maximum Gasteiger partial charge on any atom is 0.148 e. The summed E-state index contributed by atoms with van der Waals surface area (Å²) >= 11 is 6.12. The topological polar surface area (TPSA) is 36.3 Å². The molecular weight excluding hydrogens is 324 g/mol. The highest BCUT2D eigenvalue weighted by Gasteiger charge is 2.20. The summed E-state index contributed by atoms with van der Waals surface area (Å²) in [4.78, 5) is 4.73. The summed E-state index contributed by atoms with van der Waals surface area (Å²) in [5.41, 5.74) is 1.97. The zero-order valence-electron chi connectivity index (χ0n) is 13.3. The highest BCUT2D eigenvalue weighted by molar-refractivity contribution is 6.31. The first-order valence-electron chi connectivity index (χ1n) is 8.24. The molecule has 1 aromatic heterocycles. The van der Waals surface area contributed by atoms with Crippen LogP contribution in [0.2, 0.25) is 5.02 Å². The van der Waals surface area contributed by atoms with Gasteiger partial charge in [-0.1, -0.05) is 29.8 Å². The van der Waals surface area contributed by atoms with Gasteiger partial charge in [-0.25, -0.2) is 4.98 Å². The second kappa shape index (κ2) is 6.83. The first-order chi connectivity index (χ1) is 11.8. The lowest BCUT2D eigenvalue weighted by Gasteiger charge is -2.14. The Hall–Kier alpha value is -2.04. The van der Waals surface area contributed by atoms with Gasteiger partial charge in [-0.2, -0.15) is 0 Å². The van der Waals surface area contributed by atoms with Gasteiger partial charge in [-0.15, -0.1) is 0 Å². The molecule has 124 valence electrons. The number of nitrogens with zero attached hydrogens (tertiary/aromatic N) is 2. The molecule has 0 amide bonds. The lowest BCUT2D eigenvalue weighted by atomic mass is 10.2. The third-order valence-corrected chi connectivity index (χ3v) is 4.55. The quantitative estimate of drug-likeness (QED) is 0.687. The number of aromatic nitrogens is 2.